The second kappa shape index (κ2) is 6.00. The van der Waals surface area contributed by atoms with Crippen LogP contribution in [0, 0.1) is 0 Å². The zero-order valence-corrected chi connectivity index (χ0v) is 12.4. The molecule has 0 spiro atoms. The standard InChI is InChI=1S/C13H22N2O3S/c1-4-15(10-13(2,3)16)19(17,18)12-7-5-11(9-14)6-8-12/h5-8,16H,4,9-10,14H2,1-3H3. The minimum absolute atomic E-state index is 0.0600. The van der Waals surface area contributed by atoms with Gasteiger partial charge in [0.05, 0.1) is 10.5 Å². The van der Waals surface area contributed by atoms with Crippen molar-refractivity contribution in [2.45, 2.75) is 37.8 Å². The quantitative estimate of drug-likeness (QED) is 0.815. The fraction of sp³-hybridized carbons (Fsp3) is 0.538. The zero-order chi connectivity index (χ0) is 14.7. The summed E-state index contributed by atoms with van der Waals surface area (Å²) in [7, 11) is -3.58. The Morgan fingerprint density at radius 3 is 2.16 bits per heavy atom. The SMILES string of the molecule is CCN(CC(C)(C)O)S(=O)(=O)c1ccc(CN)cc1. The lowest BCUT2D eigenvalue weighted by molar-refractivity contribution is 0.0601. The highest BCUT2D eigenvalue weighted by atomic mass is 32.2. The van der Waals surface area contributed by atoms with Crippen LogP contribution in [0.1, 0.15) is 26.3 Å². The van der Waals surface area contributed by atoms with Gasteiger partial charge in [0.2, 0.25) is 10.0 Å². The molecule has 0 heterocycles. The fourth-order valence-electron chi connectivity index (χ4n) is 1.74. The smallest absolute Gasteiger partial charge is 0.243 e. The molecule has 0 unspecified atom stereocenters. The van der Waals surface area contributed by atoms with Crippen LogP contribution in [-0.4, -0.2) is 36.5 Å². The third kappa shape index (κ3) is 4.28. The number of benzene rings is 1. The molecule has 0 radical (unpaired) electrons. The van der Waals surface area contributed by atoms with Crippen molar-refractivity contribution in [2.24, 2.45) is 5.73 Å². The minimum Gasteiger partial charge on any atom is -0.389 e. The number of hydrogen-bond donors (Lipinski definition) is 2. The maximum atomic E-state index is 12.4. The molecule has 0 aromatic heterocycles. The van der Waals surface area contributed by atoms with Crippen molar-refractivity contribution in [1.82, 2.24) is 4.31 Å². The van der Waals surface area contributed by atoms with Crippen LogP contribution in [0.15, 0.2) is 29.2 Å². The van der Waals surface area contributed by atoms with Crippen LogP contribution in [0.5, 0.6) is 0 Å². The van der Waals surface area contributed by atoms with E-state index in [0.717, 1.165) is 5.56 Å². The molecule has 5 nitrogen and oxygen atoms in total. The third-order valence-electron chi connectivity index (χ3n) is 2.71. The average molecular weight is 286 g/mol. The number of rotatable bonds is 6. The van der Waals surface area contributed by atoms with E-state index in [-0.39, 0.29) is 11.4 Å². The Morgan fingerprint density at radius 1 is 1.26 bits per heavy atom. The van der Waals surface area contributed by atoms with E-state index in [1.165, 1.54) is 4.31 Å². The van der Waals surface area contributed by atoms with Crippen molar-refractivity contribution in [1.29, 1.82) is 0 Å². The molecule has 6 heteroatoms. The molecule has 0 aliphatic carbocycles. The van der Waals surface area contributed by atoms with E-state index in [1.54, 1.807) is 45.0 Å². The van der Waals surface area contributed by atoms with Crippen molar-refractivity contribution < 1.29 is 13.5 Å². The summed E-state index contributed by atoms with van der Waals surface area (Å²) in [5, 5.41) is 9.79. The van der Waals surface area contributed by atoms with Gasteiger partial charge in [0, 0.05) is 19.6 Å². The summed E-state index contributed by atoms with van der Waals surface area (Å²) in [6.07, 6.45) is 0. The summed E-state index contributed by atoms with van der Waals surface area (Å²) in [5.41, 5.74) is 5.30. The summed E-state index contributed by atoms with van der Waals surface area (Å²) < 4.78 is 26.1. The van der Waals surface area contributed by atoms with Crippen molar-refractivity contribution in [3.63, 3.8) is 0 Å². The molecule has 19 heavy (non-hydrogen) atoms. The van der Waals surface area contributed by atoms with Gasteiger partial charge in [-0.3, -0.25) is 0 Å². The molecular formula is C13H22N2O3S. The fourth-order valence-corrected chi connectivity index (χ4v) is 3.35. The summed E-state index contributed by atoms with van der Waals surface area (Å²) in [5.74, 6) is 0. The number of likely N-dealkylation sites (N-methyl/N-ethyl adjacent to an activating group) is 1. The van der Waals surface area contributed by atoms with Gasteiger partial charge >= 0.3 is 0 Å². The van der Waals surface area contributed by atoms with Gasteiger partial charge in [-0.1, -0.05) is 19.1 Å². The lowest BCUT2D eigenvalue weighted by Crippen LogP contribution is -2.42. The Balaban J connectivity index is 3.06. The summed E-state index contributed by atoms with van der Waals surface area (Å²) in [6, 6.07) is 6.49. The van der Waals surface area contributed by atoms with Gasteiger partial charge < -0.3 is 10.8 Å². The summed E-state index contributed by atoms with van der Waals surface area (Å²) in [6.45, 7) is 5.67. The molecule has 1 rings (SSSR count). The molecule has 0 fully saturated rings. The van der Waals surface area contributed by atoms with E-state index in [2.05, 4.69) is 0 Å². The second-order valence-electron chi connectivity index (χ2n) is 5.09. The maximum absolute atomic E-state index is 12.4. The highest BCUT2D eigenvalue weighted by Gasteiger charge is 2.28. The summed E-state index contributed by atoms with van der Waals surface area (Å²) in [4.78, 5) is 0.218. The molecule has 0 aliphatic rings. The van der Waals surface area contributed by atoms with Gasteiger partial charge in [-0.2, -0.15) is 4.31 Å². The normalized spacial score (nSPS) is 12.9. The van der Waals surface area contributed by atoms with Gasteiger partial charge in [0.1, 0.15) is 0 Å². The highest BCUT2D eigenvalue weighted by Crippen LogP contribution is 2.18. The molecule has 1 aromatic carbocycles. The summed E-state index contributed by atoms with van der Waals surface area (Å²) >= 11 is 0. The van der Waals surface area contributed by atoms with Crippen LogP contribution < -0.4 is 5.73 Å². The van der Waals surface area contributed by atoms with Gasteiger partial charge in [-0.15, -0.1) is 0 Å². The molecule has 0 saturated carbocycles. The van der Waals surface area contributed by atoms with Crippen LogP contribution in [0.4, 0.5) is 0 Å². The first-order valence-electron chi connectivity index (χ1n) is 6.22. The van der Waals surface area contributed by atoms with E-state index in [4.69, 9.17) is 5.73 Å². The van der Waals surface area contributed by atoms with Crippen molar-refractivity contribution in [2.75, 3.05) is 13.1 Å². The Morgan fingerprint density at radius 2 is 1.79 bits per heavy atom. The van der Waals surface area contributed by atoms with E-state index in [9.17, 15) is 13.5 Å². The first kappa shape index (κ1) is 16.1. The van der Waals surface area contributed by atoms with E-state index >= 15 is 0 Å². The molecule has 0 saturated heterocycles. The van der Waals surface area contributed by atoms with Gasteiger partial charge in [-0.05, 0) is 31.5 Å². The van der Waals surface area contributed by atoms with E-state index in [1.807, 2.05) is 0 Å². The molecule has 108 valence electrons. The topological polar surface area (TPSA) is 83.6 Å². The van der Waals surface area contributed by atoms with Crippen LogP contribution in [-0.2, 0) is 16.6 Å². The number of nitrogens with two attached hydrogens (primary N) is 1. The Hall–Kier alpha value is -0.950. The van der Waals surface area contributed by atoms with E-state index < -0.39 is 15.6 Å². The lowest BCUT2D eigenvalue weighted by atomic mass is 10.1. The van der Waals surface area contributed by atoms with Crippen LogP contribution in [0.25, 0.3) is 0 Å². The number of hydrogen-bond acceptors (Lipinski definition) is 4. The van der Waals surface area contributed by atoms with Crippen molar-refractivity contribution in [3.8, 4) is 0 Å². The van der Waals surface area contributed by atoms with Gasteiger partial charge in [0.15, 0.2) is 0 Å². The monoisotopic (exact) mass is 286 g/mol. The second-order valence-corrected chi connectivity index (χ2v) is 7.03. The lowest BCUT2D eigenvalue weighted by Gasteiger charge is -2.27. The van der Waals surface area contributed by atoms with Crippen LogP contribution >= 0.6 is 0 Å². The molecule has 0 atom stereocenters. The maximum Gasteiger partial charge on any atom is 0.243 e. The molecule has 0 bridgehead atoms. The largest absolute Gasteiger partial charge is 0.389 e. The predicted molar refractivity (Wildman–Crippen MR) is 75.1 cm³/mol. The number of nitrogens with zero attached hydrogens (tertiary/aromatic N) is 1. The molecule has 3 N–H and O–H groups in total. The van der Waals surface area contributed by atoms with E-state index in [0.29, 0.717) is 13.1 Å². The highest BCUT2D eigenvalue weighted by molar-refractivity contribution is 7.89. The Kier molecular flexibility index (Phi) is 5.09. The van der Waals surface area contributed by atoms with Crippen molar-refractivity contribution >= 4 is 10.0 Å². The number of aliphatic hydroxyl groups is 1. The van der Waals surface area contributed by atoms with Crippen LogP contribution in [0.3, 0.4) is 0 Å². The minimum atomic E-state index is -3.58. The van der Waals surface area contributed by atoms with Gasteiger partial charge in [-0.25, -0.2) is 8.42 Å². The molecule has 0 amide bonds. The third-order valence-corrected chi connectivity index (χ3v) is 4.65. The predicted octanol–water partition coefficient (Wildman–Crippen LogP) is 0.927. The van der Waals surface area contributed by atoms with Gasteiger partial charge in [0.25, 0.3) is 0 Å². The van der Waals surface area contributed by atoms with Crippen molar-refractivity contribution in [3.05, 3.63) is 29.8 Å². The Labute approximate surface area is 115 Å². The number of sulfonamides is 1. The molecule has 1 aromatic rings. The Bertz CT molecular complexity index is 504. The first-order chi connectivity index (χ1) is 8.70. The molecular weight excluding hydrogens is 264 g/mol. The zero-order valence-electron chi connectivity index (χ0n) is 11.6. The van der Waals surface area contributed by atoms with Crippen LogP contribution in [0.2, 0.25) is 0 Å². The average Bonchev–Trinajstić information content (AvgIpc) is 2.34. The first-order valence-corrected chi connectivity index (χ1v) is 7.66. The molecule has 0 aliphatic heterocycles.